The Morgan fingerprint density at radius 3 is 2.60 bits per heavy atom. The summed E-state index contributed by atoms with van der Waals surface area (Å²) in [5.74, 6) is -0.320. The van der Waals surface area contributed by atoms with Crippen molar-refractivity contribution in [1.29, 1.82) is 0 Å². The molecule has 1 aliphatic heterocycles. The predicted molar refractivity (Wildman–Crippen MR) is 165 cm³/mol. The summed E-state index contributed by atoms with van der Waals surface area (Å²) in [4.78, 5) is 48.8. The highest BCUT2D eigenvalue weighted by molar-refractivity contribution is 6.33. The normalized spacial score (nSPS) is 15.6. The van der Waals surface area contributed by atoms with Crippen molar-refractivity contribution in [3.8, 4) is 16.9 Å². The van der Waals surface area contributed by atoms with Crippen molar-refractivity contribution in [1.82, 2.24) is 34.0 Å². The quantitative estimate of drug-likeness (QED) is 0.265. The fourth-order valence-corrected chi connectivity index (χ4v) is 5.90. The van der Waals surface area contributed by atoms with Crippen LogP contribution in [-0.4, -0.2) is 65.6 Å². The van der Waals surface area contributed by atoms with E-state index in [-0.39, 0.29) is 39.8 Å². The van der Waals surface area contributed by atoms with Crippen LogP contribution in [0.5, 0.6) is 0 Å². The van der Waals surface area contributed by atoms with Gasteiger partial charge in [-0.15, -0.1) is 0 Å². The van der Waals surface area contributed by atoms with E-state index in [0.29, 0.717) is 53.4 Å². The molecular formula is C31H30ClFN8O2. The minimum absolute atomic E-state index is 0.0650. The lowest BCUT2D eigenvalue weighted by Gasteiger charge is -2.40. The number of hydrogen-bond donors (Lipinski definition) is 0. The molecular weight excluding hydrogens is 571 g/mol. The first-order chi connectivity index (χ1) is 20.6. The van der Waals surface area contributed by atoms with Gasteiger partial charge in [0.05, 0.1) is 33.8 Å². The highest BCUT2D eigenvalue weighted by Gasteiger charge is 2.30. The Morgan fingerprint density at radius 2 is 1.91 bits per heavy atom. The Morgan fingerprint density at radius 1 is 1.14 bits per heavy atom. The molecule has 0 radical (unpaired) electrons. The van der Waals surface area contributed by atoms with E-state index in [1.807, 2.05) is 37.3 Å². The van der Waals surface area contributed by atoms with Gasteiger partial charge in [-0.2, -0.15) is 4.98 Å². The minimum atomic E-state index is -0.576. The van der Waals surface area contributed by atoms with Gasteiger partial charge in [0.2, 0.25) is 5.91 Å². The fraction of sp³-hybridized carbons (Fsp3) is 0.290. The molecule has 43 heavy (non-hydrogen) atoms. The topological polar surface area (TPSA) is 102 Å². The van der Waals surface area contributed by atoms with Gasteiger partial charge in [-0.05, 0) is 43.2 Å². The van der Waals surface area contributed by atoms with Gasteiger partial charge in [-0.1, -0.05) is 44.2 Å². The van der Waals surface area contributed by atoms with Crippen LogP contribution in [-0.2, 0) is 11.8 Å². The van der Waals surface area contributed by atoms with Crippen molar-refractivity contribution >= 4 is 45.5 Å². The van der Waals surface area contributed by atoms with E-state index in [2.05, 4.69) is 16.5 Å². The van der Waals surface area contributed by atoms with Crippen molar-refractivity contribution in [3.05, 3.63) is 82.4 Å². The molecule has 0 saturated carbocycles. The summed E-state index contributed by atoms with van der Waals surface area (Å²) < 4.78 is 18.2. The maximum absolute atomic E-state index is 15.0. The number of pyridine rings is 2. The lowest BCUT2D eigenvalue weighted by molar-refractivity contribution is -0.126. The molecule has 220 valence electrons. The van der Waals surface area contributed by atoms with Crippen LogP contribution in [0.1, 0.15) is 32.4 Å². The number of imidazole rings is 1. The Labute approximate surface area is 252 Å². The second kappa shape index (κ2) is 10.9. The average Bonchev–Trinajstić information content (AvgIpc) is 3.35. The number of anilines is 1. The summed E-state index contributed by atoms with van der Waals surface area (Å²) in [5, 5.41) is 0.720. The number of carbonyl (C=O) groups excluding carboxylic acids is 1. The van der Waals surface area contributed by atoms with Crippen molar-refractivity contribution in [2.75, 3.05) is 24.5 Å². The molecule has 12 heteroatoms. The Kier molecular flexibility index (Phi) is 7.21. The highest BCUT2D eigenvalue weighted by Crippen LogP contribution is 2.36. The number of fused-ring (bicyclic) bond motifs is 2. The van der Waals surface area contributed by atoms with E-state index >= 15 is 4.39 Å². The minimum Gasteiger partial charge on any atom is -0.350 e. The first-order valence-electron chi connectivity index (χ1n) is 14.0. The molecule has 0 bridgehead atoms. The zero-order chi connectivity index (χ0) is 30.6. The largest absolute Gasteiger partial charge is 0.355 e. The number of rotatable bonds is 5. The molecule has 0 N–H and O–H groups in total. The summed E-state index contributed by atoms with van der Waals surface area (Å²) in [6.45, 7) is 10.8. The zero-order valence-electron chi connectivity index (χ0n) is 24.3. The fourth-order valence-electron chi connectivity index (χ4n) is 5.64. The number of nitrogens with zero attached hydrogens (tertiary/aromatic N) is 8. The van der Waals surface area contributed by atoms with Gasteiger partial charge in [0.15, 0.2) is 11.3 Å². The molecule has 6 rings (SSSR count). The molecule has 1 saturated heterocycles. The van der Waals surface area contributed by atoms with Crippen LogP contribution in [0.3, 0.4) is 0 Å². The third kappa shape index (κ3) is 4.83. The van der Waals surface area contributed by atoms with E-state index in [1.54, 1.807) is 41.6 Å². The molecule has 1 aliphatic rings. The van der Waals surface area contributed by atoms with Crippen molar-refractivity contribution in [3.63, 3.8) is 0 Å². The van der Waals surface area contributed by atoms with Gasteiger partial charge >= 0.3 is 5.69 Å². The number of carbonyl (C=O) groups is 1. The molecule has 1 aromatic carbocycles. The number of aromatic nitrogens is 6. The molecule has 4 aromatic heterocycles. The lowest BCUT2D eigenvalue weighted by atomic mass is 10.1. The van der Waals surface area contributed by atoms with Gasteiger partial charge < -0.3 is 14.4 Å². The third-order valence-electron chi connectivity index (χ3n) is 7.80. The SMILES string of the molecule is C=CC(=O)N1CCN(c2nc(=O)n(-c3cc4ncn(C)c4nc3C(C)C)c3nc(-c4ccccc4F)c(Cl)cc23)[C@@H](C)C1. The number of amides is 1. The molecule has 0 aliphatic carbocycles. The predicted octanol–water partition coefficient (Wildman–Crippen LogP) is 4.87. The van der Waals surface area contributed by atoms with E-state index in [4.69, 9.17) is 21.6 Å². The second-order valence-electron chi connectivity index (χ2n) is 11.0. The first-order valence-corrected chi connectivity index (χ1v) is 14.3. The summed E-state index contributed by atoms with van der Waals surface area (Å²) >= 11 is 6.79. The van der Waals surface area contributed by atoms with E-state index < -0.39 is 11.5 Å². The van der Waals surface area contributed by atoms with Gasteiger partial charge in [-0.3, -0.25) is 4.79 Å². The molecule has 1 atom stereocenters. The van der Waals surface area contributed by atoms with E-state index in [1.165, 1.54) is 16.7 Å². The number of hydrogen-bond acceptors (Lipinski definition) is 7. The molecule has 1 amide bonds. The Bertz CT molecular complexity index is 1980. The summed E-state index contributed by atoms with van der Waals surface area (Å²) in [5.41, 5.74) is 2.51. The van der Waals surface area contributed by atoms with Crippen LogP contribution >= 0.6 is 11.6 Å². The van der Waals surface area contributed by atoms with E-state index in [0.717, 1.165) is 0 Å². The zero-order valence-corrected chi connectivity index (χ0v) is 25.0. The maximum Gasteiger partial charge on any atom is 0.355 e. The average molecular weight is 601 g/mol. The highest BCUT2D eigenvalue weighted by atomic mass is 35.5. The molecule has 10 nitrogen and oxygen atoms in total. The van der Waals surface area contributed by atoms with Gasteiger partial charge in [-0.25, -0.2) is 28.7 Å². The summed E-state index contributed by atoms with van der Waals surface area (Å²) in [6, 6.07) is 9.54. The summed E-state index contributed by atoms with van der Waals surface area (Å²) in [7, 11) is 1.86. The Balaban J connectivity index is 1.65. The number of piperazine rings is 1. The van der Waals surface area contributed by atoms with Gasteiger partial charge in [0.25, 0.3) is 0 Å². The van der Waals surface area contributed by atoms with Crippen LogP contribution in [0.4, 0.5) is 10.2 Å². The maximum atomic E-state index is 15.0. The number of aryl methyl sites for hydroxylation is 1. The van der Waals surface area contributed by atoms with Gasteiger partial charge in [0.1, 0.15) is 17.2 Å². The number of halogens is 2. The van der Waals surface area contributed by atoms with Crippen molar-refractivity contribution in [2.45, 2.75) is 32.7 Å². The standard InChI is InChI=1S/C31H30ClFN8O2/c1-6-25(42)39-11-12-40(18(4)15-39)28-20-13-21(32)27(19-9-7-8-10-22(19)33)36-29(20)41(31(43)37-28)24-14-23-30(38(5)16-34-23)35-26(24)17(2)3/h6-10,13-14,16-18H,1,11-12,15H2,2-5H3/t18-/m0/s1. The lowest BCUT2D eigenvalue weighted by Crippen LogP contribution is -2.54. The molecule has 0 spiro atoms. The summed E-state index contributed by atoms with van der Waals surface area (Å²) in [6.07, 6.45) is 2.96. The number of benzene rings is 1. The smallest absolute Gasteiger partial charge is 0.350 e. The van der Waals surface area contributed by atoms with Crippen LogP contribution in [0.15, 0.2) is 60.2 Å². The molecule has 5 aromatic rings. The first kappa shape index (κ1) is 28.5. The van der Waals surface area contributed by atoms with Crippen molar-refractivity contribution in [2.24, 2.45) is 7.05 Å². The molecule has 1 fully saturated rings. The monoisotopic (exact) mass is 600 g/mol. The van der Waals surface area contributed by atoms with Crippen LogP contribution in [0, 0.1) is 5.82 Å². The second-order valence-corrected chi connectivity index (χ2v) is 11.4. The van der Waals surface area contributed by atoms with E-state index in [9.17, 15) is 9.59 Å². The van der Waals surface area contributed by atoms with Gasteiger partial charge in [0, 0.05) is 38.3 Å². The van der Waals surface area contributed by atoms with Crippen LogP contribution in [0.25, 0.3) is 39.1 Å². The van der Waals surface area contributed by atoms with Crippen LogP contribution in [0.2, 0.25) is 5.02 Å². The molecule has 5 heterocycles. The molecule has 0 unspecified atom stereocenters. The Hall–Kier alpha value is -4.64. The van der Waals surface area contributed by atoms with Crippen molar-refractivity contribution < 1.29 is 9.18 Å². The third-order valence-corrected chi connectivity index (χ3v) is 8.09. The van der Waals surface area contributed by atoms with Crippen LogP contribution < -0.4 is 10.6 Å².